The van der Waals surface area contributed by atoms with Gasteiger partial charge in [0.1, 0.15) is 4.99 Å². The van der Waals surface area contributed by atoms with Gasteiger partial charge in [-0.1, -0.05) is 26.1 Å². The van der Waals surface area contributed by atoms with Crippen molar-refractivity contribution < 1.29 is 9.47 Å². The minimum Gasteiger partial charge on any atom is -0.389 e. The Balaban J connectivity index is 2.19. The highest BCUT2D eigenvalue weighted by Crippen LogP contribution is 2.21. The molecular formula is C14H22N4O2S. The predicted octanol–water partition coefficient (Wildman–Crippen LogP) is 1.06. The Morgan fingerprint density at radius 1 is 1.33 bits per heavy atom. The van der Waals surface area contributed by atoms with E-state index in [0.717, 1.165) is 29.7 Å². The van der Waals surface area contributed by atoms with Crippen LogP contribution >= 0.6 is 12.2 Å². The summed E-state index contributed by atoms with van der Waals surface area (Å²) in [6.45, 7) is 6.57. The fourth-order valence-electron chi connectivity index (χ4n) is 2.43. The normalized spacial score (nSPS) is 18.5. The van der Waals surface area contributed by atoms with Gasteiger partial charge in [-0.05, 0) is 18.4 Å². The van der Waals surface area contributed by atoms with E-state index in [1.54, 1.807) is 0 Å². The molecule has 6 nitrogen and oxygen atoms in total. The molecule has 1 saturated heterocycles. The lowest BCUT2D eigenvalue weighted by molar-refractivity contribution is -0.0819. The number of nitrogens with zero attached hydrogens (tertiary/aromatic N) is 2. The minimum atomic E-state index is 0.00988. The van der Waals surface area contributed by atoms with Crippen LogP contribution in [0.3, 0.4) is 0 Å². The first kappa shape index (κ1) is 16.1. The summed E-state index contributed by atoms with van der Waals surface area (Å²) in [5, 5.41) is 11.8. The number of ether oxygens (including phenoxy) is 2. The lowest BCUT2D eigenvalue weighted by Gasteiger charge is -2.24. The third kappa shape index (κ3) is 3.87. The van der Waals surface area contributed by atoms with Gasteiger partial charge < -0.3 is 20.5 Å². The predicted molar refractivity (Wildman–Crippen MR) is 85.7 cm³/mol. The summed E-state index contributed by atoms with van der Waals surface area (Å²) < 4.78 is 11.0. The van der Waals surface area contributed by atoms with Crippen molar-refractivity contribution in [3.63, 3.8) is 0 Å². The molecule has 0 aromatic carbocycles. The van der Waals surface area contributed by atoms with E-state index in [1.807, 2.05) is 6.92 Å². The Kier molecular flexibility index (Phi) is 5.84. The van der Waals surface area contributed by atoms with Gasteiger partial charge >= 0.3 is 0 Å². The van der Waals surface area contributed by atoms with Crippen molar-refractivity contribution in [3.05, 3.63) is 16.8 Å². The van der Waals surface area contributed by atoms with Gasteiger partial charge in [-0.3, -0.25) is 0 Å². The lowest BCUT2D eigenvalue weighted by Crippen LogP contribution is -2.35. The van der Waals surface area contributed by atoms with E-state index in [2.05, 4.69) is 22.4 Å². The van der Waals surface area contributed by atoms with Crippen LogP contribution in [0.5, 0.6) is 0 Å². The maximum Gasteiger partial charge on any atom is 0.159 e. The van der Waals surface area contributed by atoms with E-state index in [0.29, 0.717) is 37.2 Å². The molecule has 21 heavy (non-hydrogen) atoms. The van der Waals surface area contributed by atoms with E-state index < -0.39 is 0 Å². The van der Waals surface area contributed by atoms with Gasteiger partial charge in [-0.25, -0.2) is 0 Å². The highest BCUT2D eigenvalue weighted by Gasteiger charge is 2.19. The van der Waals surface area contributed by atoms with Crippen LogP contribution in [-0.4, -0.2) is 47.7 Å². The van der Waals surface area contributed by atoms with Gasteiger partial charge in [0.05, 0.1) is 37.2 Å². The molecule has 2 heterocycles. The van der Waals surface area contributed by atoms with Crippen molar-refractivity contribution >= 4 is 23.0 Å². The van der Waals surface area contributed by atoms with E-state index >= 15 is 0 Å². The molecule has 0 amide bonds. The highest BCUT2D eigenvalue weighted by atomic mass is 32.1. The zero-order chi connectivity index (χ0) is 15.2. The first-order chi connectivity index (χ1) is 10.2. The molecule has 1 aromatic heterocycles. The summed E-state index contributed by atoms with van der Waals surface area (Å²) in [6.07, 6.45) is 1.64. The van der Waals surface area contributed by atoms with E-state index in [1.165, 1.54) is 0 Å². The average Bonchev–Trinajstić information content (AvgIpc) is 2.52. The lowest BCUT2D eigenvalue weighted by atomic mass is 10.0. The third-order valence-corrected chi connectivity index (χ3v) is 3.68. The van der Waals surface area contributed by atoms with Crippen LogP contribution in [0.2, 0.25) is 0 Å². The molecule has 1 atom stereocenters. The molecule has 1 aromatic rings. The third-order valence-electron chi connectivity index (χ3n) is 3.47. The standard InChI is InChI=1S/C14H22N4O2S/c1-3-10-11(4-2)17-18-14(12(10)13(15)21)16-7-9-8-19-5-6-20-9/h9H,3-8H2,1-2H3,(H2,15,21)(H,16,18). The van der Waals surface area contributed by atoms with Crippen LogP contribution in [0, 0.1) is 0 Å². The zero-order valence-corrected chi connectivity index (χ0v) is 13.3. The molecule has 1 fully saturated rings. The maximum absolute atomic E-state index is 5.89. The fraction of sp³-hybridized carbons (Fsp3) is 0.643. The van der Waals surface area contributed by atoms with Gasteiger partial charge in [-0.15, -0.1) is 5.10 Å². The van der Waals surface area contributed by atoms with E-state index in [4.69, 9.17) is 27.4 Å². The molecule has 2 rings (SSSR count). The van der Waals surface area contributed by atoms with E-state index in [9.17, 15) is 0 Å². The summed E-state index contributed by atoms with van der Waals surface area (Å²) in [4.78, 5) is 0.347. The second-order valence-corrected chi connectivity index (χ2v) is 5.31. The van der Waals surface area contributed by atoms with Crippen LogP contribution in [0.4, 0.5) is 5.82 Å². The van der Waals surface area contributed by atoms with Gasteiger partial charge in [0.25, 0.3) is 0 Å². The Labute approximate surface area is 130 Å². The molecule has 1 unspecified atom stereocenters. The Bertz CT molecular complexity index is 504. The Hall–Kier alpha value is -1.31. The molecule has 0 radical (unpaired) electrons. The van der Waals surface area contributed by atoms with Crippen molar-refractivity contribution in [2.45, 2.75) is 32.8 Å². The Morgan fingerprint density at radius 2 is 2.14 bits per heavy atom. The number of nitrogens with one attached hydrogen (secondary N) is 1. The topological polar surface area (TPSA) is 82.3 Å². The van der Waals surface area contributed by atoms with Crippen molar-refractivity contribution in [2.75, 3.05) is 31.7 Å². The number of hydrogen-bond donors (Lipinski definition) is 2. The van der Waals surface area contributed by atoms with Crippen LogP contribution < -0.4 is 11.1 Å². The minimum absolute atomic E-state index is 0.00988. The zero-order valence-electron chi connectivity index (χ0n) is 12.5. The smallest absolute Gasteiger partial charge is 0.159 e. The molecular weight excluding hydrogens is 288 g/mol. The summed E-state index contributed by atoms with van der Waals surface area (Å²) in [7, 11) is 0. The highest BCUT2D eigenvalue weighted by molar-refractivity contribution is 7.80. The second-order valence-electron chi connectivity index (χ2n) is 4.87. The van der Waals surface area contributed by atoms with Crippen LogP contribution in [0.15, 0.2) is 0 Å². The first-order valence-corrected chi connectivity index (χ1v) is 7.69. The number of hydrogen-bond acceptors (Lipinski definition) is 6. The van der Waals surface area contributed by atoms with Gasteiger partial charge in [0.15, 0.2) is 5.82 Å². The second kappa shape index (κ2) is 7.63. The number of thiocarbonyl (C=S) groups is 1. The van der Waals surface area contributed by atoms with E-state index in [-0.39, 0.29) is 6.10 Å². The molecule has 7 heteroatoms. The van der Waals surface area contributed by atoms with Crippen LogP contribution in [0.25, 0.3) is 0 Å². The van der Waals surface area contributed by atoms with Gasteiger partial charge in [0.2, 0.25) is 0 Å². The Morgan fingerprint density at radius 3 is 2.71 bits per heavy atom. The van der Waals surface area contributed by atoms with Crippen LogP contribution in [0.1, 0.15) is 30.7 Å². The molecule has 0 spiro atoms. The molecule has 3 N–H and O–H groups in total. The van der Waals surface area contributed by atoms with Gasteiger partial charge in [0, 0.05) is 6.54 Å². The van der Waals surface area contributed by atoms with Crippen molar-refractivity contribution in [2.24, 2.45) is 5.73 Å². The molecule has 0 bridgehead atoms. The largest absolute Gasteiger partial charge is 0.389 e. The number of nitrogens with two attached hydrogens (primary N) is 1. The maximum atomic E-state index is 5.89. The monoisotopic (exact) mass is 310 g/mol. The molecule has 116 valence electrons. The summed E-state index contributed by atoms with van der Waals surface area (Å²) in [6, 6.07) is 0. The number of anilines is 1. The number of aromatic nitrogens is 2. The number of aryl methyl sites for hydroxylation is 1. The summed E-state index contributed by atoms with van der Waals surface area (Å²) in [5.74, 6) is 0.630. The number of rotatable bonds is 6. The van der Waals surface area contributed by atoms with Gasteiger partial charge in [-0.2, -0.15) is 5.10 Å². The SMILES string of the molecule is CCc1nnc(NCC2COCCO2)c(C(N)=S)c1CC. The molecule has 1 aliphatic heterocycles. The van der Waals surface area contributed by atoms with Crippen molar-refractivity contribution in [1.29, 1.82) is 0 Å². The average molecular weight is 310 g/mol. The first-order valence-electron chi connectivity index (χ1n) is 7.28. The van der Waals surface area contributed by atoms with Crippen LogP contribution in [-0.2, 0) is 22.3 Å². The fourth-order valence-corrected chi connectivity index (χ4v) is 2.65. The quantitative estimate of drug-likeness (QED) is 0.760. The summed E-state index contributed by atoms with van der Waals surface area (Å²) >= 11 is 5.20. The van der Waals surface area contributed by atoms with Crippen molar-refractivity contribution in [3.8, 4) is 0 Å². The summed E-state index contributed by atoms with van der Waals surface area (Å²) in [5.41, 5.74) is 8.71. The molecule has 1 aliphatic rings. The van der Waals surface area contributed by atoms with Crippen molar-refractivity contribution in [1.82, 2.24) is 10.2 Å². The molecule has 0 aliphatic carbocycles. The molecule has 0 saturated carbocycles.